The molecule has 11 heteroatoms. The van der Waals surface area contributed by atoms with E-state index in [9.17, 15) is 31.1 Å². The molecule has 0 radical (unpaired) electrons. The fraction of sp³-hybridized carbons (Fsp3) is 0.143. The summed E-state index contributed by atoms with van der Waals surface area (Å²) in [6.45, 7) is 0. The number of rotatable bonds is 6. The molecular formula is C21H13F6NO4. The van der Waals surface area contributed by atoms with E-state index < -0.39 is 36.6 Å². The first-order valence-corrected chi connectivity index (χ1v) is 8.84. The van der Waals surface area contributed by atoms with E-state index in [2.05, 4.69) is 14.5 Å². The van der Waals surface area contributed by atoms with E-state index in [1.54, 1.807) is 0 Å². The fourth-order valence-electron chi connectivity index (χ4n) is 2.98. The fourth-order valence-corrected chi connectivity index (χ4v) is 2.98. The van der Waals surface area contributed by atoms with Crippen molar-refractivity contribution in [3.05, 3.63) is 66.5 Å². The summed E-state index contributed by atoms with van der Waals surface area (Å²) in [4.78, 5) is 15.2. The molecule has 0 aliphatic rings. The van der Waals surface area contributed by atoms with Crippen molar-refractivity contribution >= 4 is 5.97 Å². The lowest BCUT2D eigenvalue weighted by Gasteiger charge is -2.17. The van der Waals surface area contributed by atoms with Gasteiger partial charge in [-0.3, -0.25) is 9.78 Å². The standard InChI is InChI=1S/C21H13F6NO4/c22-20(23,24)31-17-7-3-1-5-13(17)12-9-15(16(28-11-12)10-19(29)30)14-6-2-4-8-18(14)32-21(25,26)27/h1-9,11H,10H2,(H,29,30). The first kappa shape index (κ1) is 22.9. The van der Waals surface area contributed by atoms with E-state index in [1.807, 2.05) is 0 Å². The van der Waals surface area contributed by atoms with Crippen LogP contribution in [0.3, 0.4) is 0 Å². The minimum Gasteiger partial charge on any atom is -0.481 e. The van der Waals surface area contributed by atoms with Crippen molar-refractivity contribution in [3.63, 3.8) is 0 Å². The zero-order valence-corrected chi connectivity index (χ0v) is 15.9. The Balaban J connectivity index is 2.19. The molecule has 0 amide bonds. The summed E-state index contributed by atoms with van der Waals surface area (Å²) in [5.74, 6) is -2.48. The van der Waals surface area contributed by atoms with Crippen LogP contribution in [-0.4, -0.2) is 28.8 Å². The van der Waals surface area contributed by atoms with Crippen molar-refractivity contribution in [1.29, 1.82) is 0 Å². The number of aliphatic carboxylic acids is 1. The number of nitrogens with zero attached hydrogens (tertiary/aromatic N) is 1. The van der Waals surface area contributed by atoms with E-state index >= 15 is 0 Å². The summed E-state index contributed by atoms with van der Waals surface area (Å²) >= 11 is 0. The van der Waals surface area contributed by atoms with Crippen molar-refractivity contribution in [2.24, 2.45) is 0 Å². The van der Waals surface area contributed by atoms with Crippen molar-refractivity contribution in [3.8, 4) is 33.8 Å². The predicted molar refractivity (Wildman–Crippen MR) is 99.8 cm³/mol. The van der Waals surface area contributed by atoms with Crippen molar-refractivity contribution in [1.82, 2.24) is 4.98 Å². The highest BCUT2D eigenvalue weighted by molar-refractivity contribution is 5.82. The highest BCUT2D eigenvalue weighted by Gasteiger charge is 2.33. The van der Waals surface area contributed by atoms with E-state index in [0.717, 1.165) is 18.3 Å². The summed E-state index contributed by atoms with van der Waals surface area (Å²) in [6, 6.07) is 11.3. The molecule has 0 saturated heterocycles. The molecule has 0 aliphatic carbocycles. The van der Waals surface area contributed by atoms with Crippen LogP contribution in [0.2, 0.25) is 0 Å². The molecule has 3 aromatic rings. The average Bonchev–Trinajstić information content (AvgIpc) is 2.66. The normalized spacial score (nSPS) is 11.8. The first-order chi connectivity index (χ1) is 14.9. The van der Waals surface area contributed by atoms with Crippen LogP contribution in [-0.2, 0) is 11.2 Å². The van der Waals surface area contributed by atoms with Crippen LogP contribution in [0.15, 0.2) is 60.8 Å². The summed E-state index contributed by atoms with van der Waals surface area (Å²) in [5, 5.41) is 9.16. The van der Waals surface area contributed by atoms with Crippen LogP contribution in [0.4, 0.5) is 26.3 Å². The van der Waals surface area contributed by atoms with Gasteiger partial charge < -0.3 is 14.6 Å². The van der Waals surface area contributed by atoms with Gasteiger partial charge in [0.25, 0.3) is 0 Å². The third kappa shape index (κ3) is 5.90. The Hall–Kier alpha value is -3.76. The van der Waals surface area contributed by atoms with Gasteiger partial charge in [-0.25, -0.2) is 0 Å². The number of benzene rings is 2. The van der Waals surface area contributed by atoms with Gasteiger partial charge in [0.15, 0.2) is 0 Å². The van der Waals surface area contributed by atoms with E-state index in [1.165, 1.54) is 42.5 Å². The zero-order valence-electron chi connectivity index (χ0n) is 15.9. The maximum absolute atomic E-state index is 12.8. The molecule has 3 rings (SSSR count). The Morgan fingerprint density at radius 2 is 1.31 bits per heavy atom. The number of carboxylic acid groups (broad SMARTS) is 1. The number of hydrogen-bond acceptors (Lipinski definition) is 4. The van der Waals surface area contributed by atoms with Crippen molar-refractivity contribution in [2.75, 3.05) is 0 Å². The number of aromatic nitrogens is 1. The van der Waals surface area contributed by atoms with Gasteiger partial charge in [0.1, 0.15) is 11.5 Å². The molecule has 0 atom stereocenters. The molecule has 168 valence electrons. The topological polar surface area (TPSA) is 68.7 Å². The van der Waals surface area contributed by atoms with Gasteiger partial charge in [0.05, 0.1) is 12.1 Å². The second-order valence-corrected chi connectivity index (χ2v) is 6.38. The van der Waals surface area contributed by atoms with E-state index in [0.29, 0.717) is 0 Å². The van der Waals surface area contributed by atoms with Crippen LogP contribution in [0.5, 0.6) is 11.5 Å². The second-order valence-electron chi connectivity index (χ2n) is 6.38. The number of carbonyl (C=O) groups is 1. The number of carboxylic acids is 1. The number of alkyl halides is 6. The lowest BCUT2D eigenvalue weighted by molar-refractivity contribution is -0.275. The lowest BCUT2D eigenvalue weighted by atomic mass is 9.97. The molecular weight excluding hydrogens is 444 g/mol. The average molecular weight is 457 g/mol. The number of ether oxygens (including phenoxy) is 2. The number of hydrogen-bond donors (Lipinski definition) is 1. The molecule has 2 aromatic carbocycles. The highest BCUT2D eigenvalue weighted by Crippen LogP contribution is 2.39. The van der Waals surface area contributed by atoms with Gasteiger partial charge in [-0.2, -0.15) is 0 Å². The minimum absolute atomic E-state index is 0.0466. The van der Waals surface area contributed by atoms with Gasteiger partial charge in [-0.05, 0) is 18.2 Å². The summed E-state index contributed by atoms with van der Waals surface area (Å²) < 4.78 is 84.9. The zero-order chi connectivity index (χ0) is 23.5. The monoisotopic (exact) mass is 457 g/mol. The van der Waals surface area contributed by atoms with E-state index in [4.69, 9.17) is 5.11 Å². The third-order valence-electron chi connectivity index (χ3n) is 4.12. The summed E-state index contributed by atoms with van der Waals surface area (Å²) in [5.41, 5.74) is -0.268. The molecule has 0 unspecified atom stereocenters. The van der Waals surface area contributed by atoms with Crippen LogP contribution in [0.1, 0.15) is 5.69 Å². The van der Waals surface area contributed by atoms with Gasteiger partial charge in [0, 0.05) is 28.5 Å². The van der Waals surface area contributed by atoms with Crippen molar-refractivity contribution in [2.45, 2.75) is 19.1 Å². The van der Waals surface area contributed by atoms with Crippen LogP contribution in [0.25, 0.3) is 22.3 Å². The minimum atomic E-state index is -5.03. The quantitative estimate of drug-likeness (QED) is 0.471. The molecule has 1 heterocycles. The Morgan fingerprint density at radius 3 is 1.84 bits per heavy atom. The third-order valence-corrected chi connectivity index (χ3v) is 4.12. The van der Waals surface area contributed by atoms with Gasteiger partial charge in [-0.15, -0.1) is 26.3 Å². The Bertz CT molecular complexity index is 1130. The Kier molecular flexibility index (Phi) is 6.28. The SMILES string of the molecule is O=C(O)Cc1ncc(-c2ccccc2OC(F)(F)F)cc1-c1ccccc1OC(F)(F)F. The maximum atomic E-state index is 12.8. The maximum Gasteiger partial charge on any atom is 0.573 e. The lowest BCUT2D eigenvalue weighted by Crippen LogP contribution is -2.18. The molecule has 0 fully saturated rings. The number of para-hydroxylation sites is 2. The smallest absolute Gasteiger partial charge is 0.481 e. The van der Waals surface area contributed by atoms with Crippen LogP contribution >= 0.6 is 0 Å². The Labute approximate surface area is 176 Å². The summed E-state index contributed by atoms with van der Waals surface area (Å²) in [7, 11) is 0. The van der Waals surface area contributed by atoms with E-state index in [-0.39, 0.29) is 27.9 Å². The first-order valence-electron chi connectivity index (χ1n) is 8.84. The molecule has 0 bridgehead atoms. The van der Waals surface area contributed by atoms with Gasteiger partial charge >= 0.3 is 18.7 Å². The molecule has 0 aliphatic heterocycles. The highest BCUT2D eigenvalue weighted by atomic mass is 19.4. The van der Waals surface area contributed by atoms with Gasteiger partial charge in [0.2, 0.25) is 0 Å². The summed E-state index contributed by atoms with van der Waals surface area (Å²) in [6.07, 6.45) is -9.53. The Morgan fingerprint density at radius 1 is 0.812 bits per heavy atom. The largest absolute Gasteiger partial charge is 0.573 e. The molecule has 0 spiro atoms. The molecule has 1 N–H and O–H groups in total. The predicted octanol–water partition coefficient (Wildman–Crippen LogP) is 5.84. The van der Waals surface area contributed by atoms with Crippen LogP contribution in [0, 0.1) is 0 Å². The van der Waals surface area contributed by atoms with Crippen LogP contribution < -0.4 is 9.47 Å². The number of halogens is 6. The molecule has 32 heavy (non-hydrogen) atoms. The molecule has 5 nitrogen and oxygen atoms in total. The van der Waals surface area contributed by atoms with Crippen molar-refractivity contribution < 1.29 is 45.7 Å². The second kappa shape index (κ2) is 8.77. The van der Waals surface area contributed by atoms with Gasteiger partial charge in [-0.1, -0.05) is 36.4 Å². The number of pyridine rings is 1. The molecule has 0 saturated carbocycles. The molecule has 1 aromatic heterocycles.